The minimum absolute atomic E-state index is 0.113. The molecule has 0 amide bonds. The van der Waals surface area contributed by atoms with E-state index in [1.54, 1.807) is 0 Å². The molecule has 1 fully saturated rings. The van der Waals surface area contributed by atoms with E-state index < -0.39 is 12.1 Å². The first kappa shape index (κ1) is 11.6. The molecule has 1 aromatic carbocycles. The molecular formula is C12H13BrO3. The zero-order valence-corrected chi connectivity index (χ0v) is 10.3. The van der Waals surface area contributed by atoms with Crippen LogP contribution >= 0.6 is 15.9 Å². The molecule has 16 heavy (non-hydrogen) atoms. The summed E-state index contributed by atoms with van der Waals surface area (Å²) in [5.74, 6) is -1.14. The summed E-state index contributed by atoms with van der Waals surface area (Å²) in [7, 11) is 0. The maximum atomic E-state index is 10.6. The summed E-state index contributed by atoms with van der Waals surface area (Å²) in [5, 5.41) is 18.1. The third-order valence-corrected chi connectivity index (χ3v) is 3.71. The molecule has 3 nitrogen and oxygen atoms in total. The zero-order valence-electron chi connectivity index (χ0n) is 8.69. The number of aliphatic hydroxyl groups excluding tert-OH is 1. The van der Waals surface area contributed by atoms with Crippen molar-refractivity contribution >= 4 is 21.9 Å². The first-order valence-corrected chi connectivity index (χ1v) is 6.00. The van der Waals surface area contributed by atoms with Crippen molar-refractivity contribution in [1.82, 2.24) is 0 Å². The van der Waals surface area contributed by atoms with Crippen LogP contribution in [0.3, 0.4) is 0 Å². The SMILES string of the molecule is O=C(O)C(O)CC1(c2ccc(Br)cc2)CC1. The molecule has 1 aliphatic carbocycles. The van der Waals surface area contributed by atoms with Gasteiger partial charge in [-0.05, 0) is 42.4 Å². The van der Waals surface area contributed by atoms with Gasteiger partial charge in [0.05, 0.1) is 0 Å². The maximum Gasteiger partial charge on any atom is 0.332 e. The van der Waals surface area contributed by atoms with E-state index in [9.17, 15) is 9.90 Å². The molecule has 4 heteroatoms. The summed E-state index contributed by atoms with van der Waals surface area (Å²) in [6.45, 7) is 0. The second-order valence-corrected chi connectivity index (χ2v) is 5.26. The molecule has 1 unspecified atom stereocenters. The number of carboxylic acids is 1. The molecule has 1 aromatic rings. The van der Waals surface area contributed by atoms with Crippen LogP contribution in [0.2, 0.25) is 0 Å². The number of hydrogen-bond donors (Lipinski definition) is 2. The minimum Gasteiger partial charge on any atom is -0.479 e. The Balaban J connectivity index is 2.14. The molecule has 2 rings (SSSR count). The average molecular weight is 285 g/mol. The van der Waals surface area contributed by atoms with Crippen molar-refractivity contribution in [2.45, 2.75) is 30.8 Å². The van der Waals surface area contributed by atoms with Crippen LogP contribution in [-0.4, -0.2) is 22.3 Å². The molecule has 0 aliphatic heterocycles. The number of hydrogen-bond acceptors (Lipinski definition) is 2. The minimum atomic E-state index is -1.26. The van der Waals surface area contributed by atoms with Crippen molar-refractivity contribution in [3.05, 3.63) is 34.3 Å². The summed E-state index contributed by atoms with van der Waals surface area (Å²) in [6, 6.07) is 7.88. The van der Waals surface area contributed by atoms with E-state index in [1.165, 1.54) is 0 Å². The molecular weight excluding hydrogens is 272 g/mol. The number of carbonyl (C=O) groups is 1. The fraction of sp³-hybridized carbons (Fsp3) is 0.417. The molecule has 2 N–H and O–H groups in total. The van der Waals surface area contributed by atoms with Gasteiger partial charge in [0.15, 0.2) is 6.10 Å². The summed E-state index contributed by atoms with van der Waals surface area (Å²) in [6.07, 6.45) is 0.966. The Morgan fingerprint density at radius 3 is 2.38 bits per heavy atom. The van der Waals surface area contributed by atoms with E-state index in [2.05, 4.69) is 15.9 Å². The van der Waals surface area contributed by atoms with Gasteiger partial charge < -0.3 is 10.2 Å². The molecule has 1 saturated carbocycles. The molecule has 0 bridgehead atoms. The van der Waals surface area contributed by atoms with Crippen LogP contribution in [0, 0.1) is 0 Å². The van der Waals surface area contributed by atoms with Gasteiger partial charge in [-0.25, -0.2) is 4.79 Å². The van der Waals surface area contributed by atoms with Crippen LogP contribution in [0.15, 0.2) is 28.7 Å². The highest BCUT2D eigenvalue weighted by Crippen LogP contribution is 2.51. The normalized spacial score (nSPS) is 19.1. The Morgan fingerprint density at radius 1 is 1.38 bits per heavy atom. The summed E-state index contributed by atoms with van der Waals surface area (Å²) >= 11 is 3.36. The van der Waals surface area contributed by atoms with E-state index in [0.717, 1.165) is 22.9 Å². The largest absolute Gasteiger partial charge is 0.479 e. The smallest absolute Gasteiger partial charge is 0.332 e. The number of halogens is 1. The second kappa shape index (κ2) is 4.18. The van der Waals surface area contributed by atoms with E-state index in [1.807, 2.05) is 24.3 Å². The second-order valence-electron chi connectivity index (χ2n) is 4.35. The van der Waals surface area contributed by atoms with Crippen molar-refractivity contribution in [3.63, 3.8) is 0 Å². The standard InChI is InChI=1S/C12H13BrO3/c13-9-3-1-8(2-4-9)12(5-6-12)7-10(14)11(15)16/h1-4,10,14H,5-7H2,(H,15,16). The van der Waals surface area contributed by atoms with Gasteiger partial charge in [-0.1, -0.05) is 28.1 Å². The lowest BCUT2D eigenvalue weighted by atomic mass is 9.90. The molecule has 0 saturated heterocycles. The number of benzene rings is 1. The first-order valence-electron chi connectivity index (χ1n) is 5.20. The van der Waals surface area contributed by atoms with E-state index in [0.29, 0.717) is 6.42 Å². The fourth-order valence-corrected chi connectivity index (χ4v) is 2.29. The monoisotopic (exact) mass is 284 g/mol. The molecule has 86 valence electrons. The summed E-state index contributed by atoms with van der Waals surface area (Å²) in [4.78, 5) is 10.6. The lowest BCUT2D eigenvalue weighted by Gasteiger charge is -2.17. The van der Waals surface area contributed by atoms with Gasteiger partial charge in [0.2, 0.25) is 0 Å². The average Bonchev–Trinajstić information content (AvgIpc) is 2.99. The summed E-state index contributed by atoms with van der Waals surface area (Å²) in [5.41, 5.74) is 1.01. The van der Waals surface area contributed by atoms with Crippen LogP contribution in [0.4, 0.5) is 0 Å². The lowest BCUT2D eigenvalue weighted by Crippen LogP contribution is -2.25. The van der Waals surface area contributed by atoms with Crippen molar-refractivity contribution in [3.8, 4) is 0 Å². The van der Waals surface area contributed by atoms with Crippen LogP contribution in [0.25, 0.3) is 0 Å². The highest BCUT2D eigenvalue weighted by Gasteiger charge is 2.46. The number of aliphatic carboxylic acids is 1. The van der Waals surface area contributed by atoms with Crippen LogP contribution in [0.5, 0.6) is 0 Å². The van der Waals surface area contributed by atoms with Crippen molar-refractivity contribution < 1.29 is 15.0 Å². The number of rotatable bonds is 4. The van der Waals surface area contributed by atoms with Gasteiger partial charge in [-0.2, -0.15) is 0 Å². The van der Waals surface area contributed by atoms with Gasteiger partial charge in [-0.15, -0.1) is 0 Å². The first-order chi connectivity index (χ1) is 7.53. The fourth-order valence-electron chi connectivity index (χ4n) is 2.02. The van der Waals surface area contributed by atoms with Crippen LogP contribution < -0.4 is 0 Å². The van der Waals surface area contributed by atoms with Gasteiger partial charge in [-0.3, -0.25) is 0 Å². The van der Waals surface area contributed by atoms with Crippen LogP contribution in [-0.2, 0) is 10.2 Å². The Labute approximate surface area is 102 Å². The molecule has 0 spiro atoms. The molecule has 0 heterocycles. The quantitative estimate of drug-likeness (QED) is 0.892. The Bertz CT molecular complexity index is 395. The van der Waals surface area contributed by atoms with E-state index in [-0.39, 0.29) is 5.41 Å². The maximum absolute atomic E-state index is 10.6. The topological polar surface area (TPSA) is 57.5 Å². The van der Waals surface area contributed by atoms with Crippen LogP contribution in [0.1, 0.15) is 24.8 Å². The third-order valence-electron chi connectivity index (χ3n) is 3.18. The van der Waals surface area contributed by atoms with E-state index >= 15 is 0 Å². The summed E-state index contributed by atoms with van der Waals surface area (Å²) < 4.78 is 1.01. The van der Waals surface area contributed by atoms with Gasteiger partial charge >= 0.3 is 5.97 Å². The van der Waals surface area contributed by atoms with Gasteiger partial charge in [0.25, 0.3) is 0 Å². The van der Waals surface area contributed by atoms with E-state index in [4.69, 9.17) is 5.11 Å². The highest BCUT2D eigenvalue weighted by atomic mass is 79.9. The molecule has 1 atom stereocenters. The predicted octanol–water partition coefficient (Wildman–Crippen LogP) is 2.32. The Kier molecular flexibility index (Phi) is 3.04. The molecule has 0 aromatic heterocycles. The zero-order chi connectivity index (χ0) is 11.8. The van der Waals surface area contributed by atoms with Gasteiger partial charge in [0.1, 0.15) is 0 Å². The Morgan fingerprint density at radius 2 is 1.94 bits per heavy atom. The lowest BCUT2D eigenvalue weighted by molar-refractivity contribution is -0.147. The number of aliphatic hydroxyl groups is 1. The predicted molar refractivity (Wildman–Crippen MR) is 63.3 cm³/mol. The van der Waals surface area contributed by atoms with Crippen molar-refractivity contribution in [2.24, 2.45) is 0 Å². The van der Waals surface area contributed by atoms with Crippen molar-refractivity contribution in [2.75, 3.05) is 0 Å². The Hall–Kier alpha value is -0.870. The van der Waals surface area contributed by atoms with Crippen molar-refractivity contribution in [1.29, 1.82) is 0 Å². The molecule has 1 aliphatic rings. The third kappa shape index (κ3) is 2.28. The number of carboxylic acid groups (broad SMARTS) is 1. The highest BCUT2D eigenvalue weighted by molar-refractivity contribution is 9.10. The molecule has 0 radical (unpaired) electrons. The van der Waals surface area contributed by atoms with Gasteiger partial charge in [0, 0.05) is 4.47 Å².